The molecule has 2 rings (SSSR count). The third-order valence-electron chi connectivity index (χ3n) is 2.22. The third kappa shape index (κ3) is 3.26. The van der Waals surface area contributed by atoms with E-state index in [9.17, 15) is 4.79 Å². The van der Waals surface area contributed by atoms with Crippen LogP contribution >= 0.6 is 22.6 Å². The first kappa shape index (κ1) is 12.0. The lowest BCUT2D eigenvalue weighted by Crippen LogP contribution is -2.12. The van der Waals surface area contributed by atoms with E-state index in [1.165, 1.54) is 0 Å². The van der Waals surface area contributed by atoms with Gasteiger partial charge in [-0.2, -0.15) is 0 Å². The van der Waals surface area contributed by atoms with Gasteiger partial charge < -0.3 is 5.32 Å². The largest absolute Gasteiger partial charge is 0.322 e. The summed E-state index contributed by atoms with van der Waals surface area (Å²) in [6.45, 7) is 1.90. The Morgan fingerprint density at radius 1 is 1.24 bits per heavy atom. The van der Waals surface area contributed by atoms with E-state index in [4.69, 9.17) is 0 Å². The molecule has 0 aliphatic carbocycles. The Labute approximate surface area is 113 Å². The molecule has 0 radical (unpaired) electrons. The summed E-state index contributed by atoms with van der Waals surface area (Å²) in [4.78, 5) is 16.2. The maximum absolute atomic E-state index is 11.9. The topological polar surface area (TPSA) is 42.0 Å². The molecule has 3 nitrogen and oxygen atoms in total. The monoisotopic (exact) mass is 338 g/mol. The van der Waals surface area contributed by atoms with Gasteiger partial charge in [0.05, 0.1) is 0 Å². The van der Waals surface area contributed by atoms with Gasteiger partial charge in [-0.05, 0) is 53.8 Å². The van der Waals surface area contributed by atoms with Crippen molar-refractivity contribution < 1.29 is 4.79 Å². The number of benzene rings is 1. The summed E-state index contributed by atoms with van der Waals surface area (Å²) < 4.78 is 0.867. The van der Waals surface area contributed by atoms with E-state index in [1.807, 2.05) is 37.3 Å². The van der Waals surface area contributed by atoms with Gasteiger partial charge in [0.1, 0.15) is 3.70 Å². The summed E-state index contributed by atoms with van der Waals surface area (Å²) in [6, 6.07) is 12.8. The lowest BCUT2D eigenvalue weighted by molar-refractivity contribution is 0.102. The molecular formula is C13H11IN2O. The number of aryl methyl sites for hydroxylation is 1. The summed E-state index contributed by atoms with van der Waals surface area (Å²) in [5.74, 6) is -0.105. The van der Waals surface area contributed by atoms with Crippen LogP contribution in [0.15, 0.2) is 42.5 Å². The molecule has 0 saturated carbocycles. The van der Waals surface area contributed by atoms with E-state index in [2.05, 4.69) is 32.9 Å². The molecule has 0 atom stereocenters. The number of carbonyl (C=O) groups excluding carboxylic acids is 1. The number of anilines is 1. The Morgan fingerprint density at radius 2 is 1.94 bits per heavy atom. The van der Waals surface area contributed by atoms with Gasteiger partial charge in [0.25, 0.3) is 5.91 Å². The molecule has 0 unspecified atom stereocenters. The Kier molecular flexibility index (Phi) is 3.73. The minimum absolute atomic E-state index is 0.105. The zero-order valence-electron chi connectivity index (χ0n) is 9.27. The molecule has 2 aromatic rings. The lowest BCUT2D eigenvalue weighted by atomic mass is 10.2. The standard InChI is InChI=1S/C13H11IN2O/c1-9-7-11(8-12(14)15-9)16-13(17)10-5-3-2-4-6-10/h2-8H,1H3,(H,15,16,17). The first-order chi connectivity index (χ1) is 8.15. The van der Waals surface area contributed by atoms with Crippen molar-refractivity contribution in [2.75, 3.05) is 5.32 Å². The highest BCUT2D eigenvalue weighted by atomic mass is 127. The second-order valence-corrected chi connectivity index (χ2v) is 4.75. The van der Waals surface area contributed by atoms with Gasteiger partial charge in [0.2, 0.25) is 0 Å². The quantitative estimate of drug-likeness (QED) is 0.675. The summed E-state index contributed by atoms with van der Waals surface area (Å²) in [5.41, 5.74) is 2.31. The van der Waals surface area contributed by atoms with Crippen LogP contribution in [0.2, 0.25) is 0 Å². The van der Waals surface area contributed by atoms with E-state index in [-0.39, 0.29) is 5.91 Å². The number of hydrogen-bond donors (Lipinski definition) is 1. The highest BCUT2D eigenvalue weighted by Gasteiger charge is 2.06. The minimum atomic E-state index is -0.105. The van der Waals surface area contributed by atoms with E-state index >= 15 is 0 Å². The lowest BCUT2D eigenvalue weighted by Gasteiger charge is -2.06. The van der Waals surface area contributed by atoms with Crippen molar-refractivity contribution in [2.45, 2.75) is 6.92 Å². The highest BCUT2D eigenvalue weighted by Crippen LogP contribution is 2.14. The van der Waals surface area contributed by atoms with Crippen LogP contribution in [0.3, 0.4) is 0 Å². The molecule has 0 spiro atoms. The number of nitrogens with one attached hydrogen (secondary N) is 1. The van der Waals surface area contributed by atoms with E-state index < -0.39 is 0 Å². The van der Waals surface area contributed by atoms with Crippen LogP contribution in [0.1, 0.15) is 16.1 Å². The number of hydrogen-bond acceptors (Lipinski definition) is 2. The zero-order chi connectivity index (χ0) is 12.3. The first-order valence-corrected chi connectivity index (χ1v) is 6.23. The van der Waals surface area contributed by atoms with Crippen LogP contribution in [-0.4, -0.2) is 10.9 Å². The van der Waals surface area contributed by atoms with Crippen LogP contribution < -0.4 is 5.32 Å². The number of pyridine rings is 1. The normalized spacial score (nSPS) is 10.0. The molecule has 1 aromatic heterocycles. The maximum atomic E-state index is 11.9. The molecule has 1 amide bonds. The number of aromatic nitrogens is 1. The SMILES string of the molecule is Cc1cc(NC(=O)c2ccccc2)cc(I)n1. The van der Waals surface area contributed by atoms with Gasteiger partial charge in [0.15, 0.2) is 0 Å². The third-order valence-corrected chi connectivity index (χ3v) is 2.77. The average molecular weight is 338 g/mol. The molecule has 0 fully saturated rings. The average Bonchev–Trinajstić information content (AvgIpc) is 2.28. The van der Waals surface area contributed by atoms with Crippen molar-refractivity contribution in [2.24, 2.45) is 0 Å². The second kappa shape index (κ2) is 5.27. The Hall–Kier alpha value is -1.43. The van der Waals surface area contributed by atoms with Gasteiger partial charge >= 0.3 is 0 Å². The van der Waals surface area contributed by atoms with Gasteiger partial charge in [0, 0.05) is 16.9 Å². The van der Waals surface area contributed by atoms with Crippen molar-refractivity contribution >= 4 is 34.2 Å². The van der Waals surface area contributed by atoms with Gasteiger partial charge in [-0.15, -0.1) is 0 Å². The second-order valence-electron chi connectivity index (χ2n) is 3.64. The smallest absolute Gasteiger partial charge is 0.255 e. The van der Waals surface area contributed by atoms with Crippen molar-refractivity contribution in [3.05, 3.63) is 57.4 Å². The minimum Gasteiger partial charge on any atom is -0.322 e. The molecule has 0 aliphatic rings. The van der Waals surface area contributed by atoms with Crippen molar-refractivity contribution in [1.29, 1.82) is 0 Å². The fourth-order valence-corrected chi connectivity index (χ4v) is 2.21. The predicted octanol–water partition coefficient (Wildman–Crippen LogP) is 3.25. The number of amides is 1. The summed E-state index contributed by atoms with van der Waals surface area (Å²) >= 11 is 2.13. The first-order valence-electron chi connectivity index (χ1n) is 5.16. The Balaban J connectivity index is 2.19. The van der Waals surface area contributed by atoms with E-state index in [1.54, 1.807) is 12.1 Å². The van der Waals surface area contributed by atoms with E-state index in [0.29, 0.717) is 5.56 Å². The predicted molar refractivity (Wildman–Crippen MR) is 76.1 cm³/mol. The molecule has 1 aromatic carbocycles. The molecule has 17 heavy (non-hydrogen) atoms. The highest BCUT2D eigenvalue weighted by molar-refractivity contribution is 14.1. The fourth-order valence-electron chi connectivity index (χ4n) is 1.49. The summed E-state index contributed by atoms with van der Waals surface area (Å²) in [6.07, 6.45) is 0. The van der Waals surface area contributed by atoms with Crippen molar-refractivity contribution in [3.8, 4) is 0 Å². The fraction of sp³-hybridized carbons (Fsp3) is 0.0769. The van der Waals surface area contributed by atoms with E-state index in [0.717, 1.165) is 15.1 Å². The molecule has 0 bridgehead atoms. The van der Waals surface area contributed by atoms with Crippen LogP contribution in [0, 0.1) is 10.6 Å². The number of halogens is 1. The Bertz CT molecular complexity index is 520. The van der Waals surface area contributed by atoms with Gasteiger partial charge in [-0.1, -0.05) is 18.2 Å². The molecule has 86 valence electrons. The van der Waals surface area contributed by atoms with Gasteiger partial charge in [-0.3, -0.25) is 4.79 Å². The van der Waals surface area contributed by atoms with Crippen LogP contribution in [0.4, 0.5) is 5.69 Å². The van der Waals surface area contributed by atoms with Crippen LogP contribution in [0.25, 0.3) is 0 Å². The molecular weight excluding hydrogens is 327 g/mol. The number of rotatable bonds is 2. The number of nitrogens with zero attached hydrogens (tertiary/aromatic N) is 1. The summed E-state index contributed by atoms with van der Waals surface area (Å²) in [7, 11) is 0. The van der Waals surface area contributed by atoms with Gasteiger partial charge in [-0.25, -0.2) is 4.98 Å². The zero-order valence-corrected chi connectivity index (χ0v) is 11.4. The summed E-state index contributed by atoms with van der Waals surface area (Å²) in [5, 5.41) is 2.86. The molecule has 0 saturated heterocycles. The number of carbonyl (C=O) groups is 1. The molecule has 1 heterocycles. The molecule has 1 N–H and O–H groups in total. The van der Waals surface area contributed by atoms with Crippen LogP contribution in [-0.2, 0) is 0 Å². The molecule has 4 heteroatoms. The van der Waals surface area contributed by atoms with Crippen molar-refractivity contribution in [3.63, 3.8) is 0 Å². The molecule has 0 aliphatic heterocycles. The van der Waals surface area contributed by atoms with Crippen molar-refractivity contribution in [1.82, 2.24) is 4.98 Å². The maximum Gasteiger partial charge on any atom is 0.255 e. The Morgan fingerprint density at radius 3 is 2.59 bits per heavy atom. The van der Waals surface area contributed by atoms with Crippen LogP contribution in [0.5, 0.6) is 0 Å².